The third kappa shape index (κ3) is 5.19. The molecule has 0 spiro atoms. The molecule has 1 unspecified atom stereocenters. The van der Waals surface area contributed by atoms with Crippen LogP contribution in [0, 0.1) is 11.3 Å². The molecule has 0 aliphatic heterocycles. The lowest BCUT2D eigenvalue weighted by Crippen LogP contribution is -2.37. The van der Waals surface area contributed by atoms with Crippen LogP contribution in [0.5, 0.6) is 0 Å². The molecular formula is C23H30O3S. The van der Waals surface area contributed by atoms with Crippen LogP contribution in [0.15, 0.2) is 53.1 Å². The van der Waals surface area contributed by atoms with Crippen LogP contribution in [-0.4, -0.2) is 18.8 Å². The summed E-state index contributed by atoms with van der Waals surface area (Å²) in [6.07, 6.45) is 10.7. The molecule has 1 atom stereocenters. The maximum Gasteiger partial charge on any atom is 0.312 e. The van der Waals surface area contributed by atoms with E-state index in [1.165, 1.54) is 24.0 Å². The molecule has 1 aromatic carbocycles. The number of hydrogen-bond donors (Lipinski definition) is 0. The Bertz CT molecular complexity index is 687. The van der Waals surface area contributed by atoms with Gasteiger partial charge in [0.25, 0.3) is 0 Å². The molecule has 146 valence electrons. The van der Waals surface area contributed by atoms with Crippen LogP contribution in [0.2, 0.25) is 0 Å². The van der Waals surface area contributed by atoms with Crippen LogP contribution in [-0.2, 0) is 20.9 Å². The number of esters is 1. The number of carbonyl (C=O) groups is 1. The van der Waals surface area contributed by atoms with Crippen molar-refractivity contribution in [3.63, 3.8) is 0 Å². The van der Waals surface area contributed by atoms with Gasteiger partial charge in [-0.05, 0) is 47.8 Å². The Morgan fingerprint density at radius 2 is 1.93 bits per heavy atom. The van der Waals surface area contributed by atoms with Gasteiger partial charge in [0, 0.05) is 5.75 Å². The molecule has 1 aromatic rings. The minimum absolute atomic E-state index is 0.0325. The Hall–Kier alpha value is -1.68. The van der Waals surface area contributed by atoms with Crippen LogP contribution >= 0.6 is 11.8 Å². The van der Waals surface area contributed by atoms with Crippen molar-refractivity contribution < 1.29 is 14.3 Å². The second-order valence-electron chi connectivity index (χ2n) is 7.69. The van der Waals surface area contributed by atoms with Gasteiger partial charge in [-0.1, -0.05) is 56.5 Å². The summed E-state index contributed by atoms with van der Waals surface area (Å²) in [4.78, 5) is 13.8. The number of benzene rings is 1. The zero-order chi connectivity index (χ0) is 19.1. The summed E-state index contributed by atoms with van der Waals surface area (Å²) in [6.45, 7) is 2.83. The van der Waals surface area contributed by atoms with E-state index in [1.54, 1.807) is 0 Å². The lowest BCUT2D eigenvalue weighted by Gasteiger charge is -2.35. The number of carbonyl (C=O) groups excluding carboxylic acids is 1. The zero-order valence-corrected chi connectivity index (χ0v) is 17.2. The van der Waals surface area contributed by atoms with E-state index in [0.717, 1.165) is 43.6 Å². The van der Waals surface area contributed by atoms with Crippen molar-refractivity contribution in [3.05, 3.63) is 58.7 Å². The Morgan fingerprint density at radius 1 is 1.19 bits per heavy atom. The molecule has 0 aromatic heterocycles. The summed E-state index contributed by atoms with van der Waals surface area (Å²) in [7, 11) is 1.52. The number of thioether (sulfide) groups is 1. The number of allylic oxidation sites excluding steroid dienone is 3. The molecule has 2 aliphatic rings. The molecule has 1 fully saturated rings. The van der Waals surface area contributed by atoms with Crippen molar-refractivity contribution in [1.82, 2.24) is 0 Å². The molecule has 1 saturated carbocycles. The minimum Gasteiger partial charge on any atom is -0.489 e. The fourth-order valence-corrected chi connectivity index (χ4v) is 5.28. The second-order valence-corrected chi connectivity index (χ2v) is 8.73. The monoisotopic (exact) mass is 386 g/mol. The van der Waals surface area contributed by atoms with Crippen LogP contribution < -0.4 is 0 Å². The lowest BCUT2D eigenvalue weighted by molar-refractivity contribution is -0.153. The summed E-state index contributed by atoms with van der Waals surface area (Å²) in [5.74, 6) is 2.18. The largest absolute Gasteiger partial charge is 0.489 e. The Labute approximate surface area is 167 Å². The number of hydrogen-bond acceptors (Lipinski definition) is 4. The maximum absolute atomic E-state index is 12.5. The fourth-order valence-electron chi connectivity index (χ4n) is 3.85. The summed E-state index contributed by atoms with van der Waals surface area (Å²) < 4.78 is 11.2. The van der Waals surface area contributed by atoms with Crippen LogP contribution in [0.3, 0.4) is 0 Å². The average molecular weight is 387 g/mol. The van der Waals surface area contributed by atoms with E-state index in [4.69, 9.17) is 9.47 Å². The maximum atomic E-state index is 12.5. The molecule has 0 heterocycles. The van der Waals surface area contributed by atoms with Crippen LogP contribution in [0.1, 0.15) is 51.0 Å². The normalized spacial score (nSPS) is 21.8. The molecule has 27 heavy (non-hydrogen) atoms. The average Bonchev–Trinajstić information content (AvgIpc) is 2.73. The minimum atomic E-state index is -0.315. The molecule has 0 N–H and O–H groups in total. The van der Waals surface area contributed by atoms with Gasteiger partial charge < -0.3 is 9.47 Å². The molecule has 0 radical (unpaired) electrons. The van der Waals surface area contributed by atoms with Gasteiger partial charge in [0.05, 0.1) is 12.5 Å². The Morgan fingerprint density at radius 3 is 2.63 bits per heavy atom. The molecule has 4 heteroatoms. The molecule has 0 amide bonds. The highest BCUT2D eigenvalue weighted by Gasteiger charge is 2.41. The van der Waals surface area contributed by atoms with E-state index in [9.17, 15) is 4.79 Å². The smallest absolute Gasteiger partial charge is 0.312 e. The van der Waals surface area contributed by atoms with Gasteiger partial charge in [0.2, 0.25) is 0 Å². The van der Waals surface area contributed by atoms with Crippen molar-refractivity contribution in [3.8, 4) is 0 Å². The highest BCUT2D eigenvalue weighted by atomic mass is 32.2. The van der Waals surface area contributed by atoms with Crippen molar-refractivity contribution >= 4 is 17.7 Å². The first-order valence-electron chi connectivity index (χ1n) is 9.93. The van der Waals surface area contributed by atoms with Crippen molar-refractivity contribution in [1.29, 1.82) is 0 Å². The topological polar surface area (TPSA) is 35.5 Å². The second kappa shape index (κ2) is 9.50. The first-order valence-corrected chi connectivity index (χ1v) is 10.9. The number of methoxy groups -OCH3 is 1. The van der Waals surface area contributed by atoms with Gasteiger partial charge in [-0.2, -0.15) is 0 Å². The molecule has 2 aliphatic carbocycles. The zero-order valence-electron chi connectivity index (χ0n) is 16.4. The lowest BCUT2D eigenvalue weighted by atomic mass is 9.75. The molecular weight excluding hydrogens is 356 g/mol. The van der Waals surface area contributed by atoms with Crippen LogP contribution in [0.25, 0.3) is 0 Å². The number of rotatable bonds is 7. The van der Waals surface area contributed by atoms with E-state index in [-0.39, 0.29) is 11.4 Å². The highest BCUT2D eigenvalue weighted by molar-refractivity contribution is 8.03. The predicted octanol–water partition coefficient (Wildman–Crippen LogP) is 5.87. The van der Waals surface area contributed by atoms with Crippen molar-refractivity contribution in [2.45, 2.75) is 52.1 Å². The first-order chi connectivity index (χ1) is 13.1. The third-order valence-electron chi connectivity index (χ3n) is 5.64. The quantitative estimate of drug-likeness (QED) is 0.549. The molecule has 0 bridgehead atoms. The van der Waals surface area contributed by atoms with E-state index in [2.05, 4.69) is 31.2 Å². The van der Waals surface area contributed by atoms with E-state index < -0.39 is 0 Å². The summed E-state index contributed by atoms with van der Waals surface area (Å²) in [6, 6.07) is 10.2. The van der Waals surface area contributed by atoms with Crippen molar-refractivity contribution in [2.75, 3.05) is 12.9 Å². The third-order valence-corrected chi connectivity index (χ3v) is 7.19. The number of ether oxygens (including phenoxy) is 2. The predicted molar refractivity (Wildman–Crippen MR) is 111 cm³/mol. The Balaban J connectivity index is 1.62. The van der Waals surface area contributed by atoms with E-state index >= 15 is 0 Å². The summed E-state index contributed by atoms with van der Waals surface area (Å²) >= 11 is 1.82. The van der Waals surface area contributed by atoms with Gasteiger partial charge in [-0.3, -0.25) is 4.79 Å². The van der Waals surface area contributed by atoms with Crippen LogP contribution in [0.4, 0.5) is 0 Å². The van der Waals surface area contributed by atoms with Gasteiger partial charge in [0.15, 0.2) is 0 Å². The SMILES string of the molecule is COC(=O)C1(CSC2=CC(OCc3ccccc3)=CCC2C)CCCCC1. The Kier molecular flexibility index (Phi) is 7.06. The standard InChI is InChI=1S/C23H30O3S/c1-18-11-12-20(26-16-19-9-5-3-6-10-19)15-21(18)27-17-23(22(24)25-2)13-7-4-8-14-23/h3,5-6,9-10,12,15,18H,4,7-8,11,13-14,16-17H2,1-2H3. The van der Waals surface area contributed by atoms with E-state index in [1.807, 2.05) is 30.0 Å². The van der Waals surface area contributed by atoms with Gasteiger partial charge in [0.1, 0.15) is 12.4 Å². The summed E-state index contributed by atoms with van der Waals surface area (Å²) in [5.41, 5.74) is 0.858. The van der Waals surface area contributed by atoms with Gasteiger partial charge in [-0.25, -0.2) is 0 Å². The first kappa shape index (κ1) is 20.1. The van der Waals surface area contributed by atoms with Gasteiger partial charge >= 0.3 is 5.97 Å². The summed E-state index contributed by atoms with van der Waals surface area (Å²) in [5, 5.41) is 0. The molecule has 0 saturated heterocycles. The molecule has 3 nitrogen and oxygen atoms in total. The molecule has 3 rings (SSSR count). The highest BCUT2D eigenvalue weighted by Crippen LogP contribution is 2.43. The van der Waals surface area contributed by atoms with Gasteiger partial charge in [-0.15, -0.1) is 11.8 Å². The fraction of sp³-hybridized carbons (Fsp3) is 0.522. The van der Waals surface area contributed by atoms with Crippen molar-refractivity contribution in [2.24, 2.45) is 11.3 Å². The van der Waals surface area contributed by atoms with E-state index in [0.29, 0.717) is 12.5 Å².